The highest BCUT2D eigenvalue weighted by Crippen LogP contribution is 2.30. The van der Waals surface area contributed by atoms with Gasteiger partial charge in [0, 0.05) is 32.2 Å². The summed E-state index contributed by atoms with van der Waals surface area (Å²) in [6, 6.07) is 6.12. The van der Waals surface area contributed by atoms with Gasteiger partial charge in [-0.1, -0.05) is 32.8 Å². The number of nitrogens with zero attached hydrogens (tertiary/aromatic N) is 1. The summed E-state index contributed by atoms with van der Waals surface area (Å²) >= 11 is 0. The third-order valence-corrected chi connectivity index (χ3v) is 7.24. The van der Waals surface area contributed by atoms with Crippen LogP contribution >= 0.6 is 0 Å². The molecule has 39 heavy (non-hydrogen) atoms. The van der Waals surface area contributed by atoms with Crippen molar-refractivity contribution in [3.05, 3.63) is 23.8 Å². The molecule has 0 aromatic heterocycles. The number of carbonyl (C=O) groups is 2. The Hall–Kier alpha value is -2.72. The van der Waals surface area contributed by atoms with Crippen molar-refractivity contribution in [2.24, 2.45) is 0 Å². The number of likely N-dealkylation sites (tertiary alicyclic amines) is 1. The quantitative estimate of drug-likeness (QED) is 0.286. The predicted molar refractivity (Wildman–Crippen MR) is 151 cm³/mol. The van der Waals surface area contributed by atoms with Crippen molar-refractivity contribution in [3.63, 3.8) is 0 Å². The van der Waals surface area contributed by atoms with E-state index in [9.17, 15) is 9.59 Å². The maximum absolute atomic E-state index is 12.0. The van der Waals surface area contributed by atoms with Crippen LogP contribution in [-0.2, 0) is 15.9 Å². The zero-order chi connectivity index (χ0) is 27.9. The molecule has 1 saturated heterocycles. The third-order valence-electron chi connectivity index (χ3n) is 7.24. The molecule has 0 bridgehead atoms. The predicted octanol–water partition coefficient (Wildman–Crippen LogP) is 3.86. The van der Waals surface area contributed by atoms with E-state index in [2.05, 4.69) is 20.9 Å². The van der Waals surface area contributed by atoms with Crippen LogP contribution in [0.5, 0.6) is 11.5 Å². The summed E-state index contributed by atoms with van der Waals surface area (Å²) in [5, 5.41) is 8.35. The lowest BCUT2D eigenvalue weighted by atomic mass is 9.91. The van der Waals surface area contributed by atoms with Gasteiger partial charge in [0.25, 0.3) is 0 Å². The van der Waals surface area contributed by atoms with Crippen molar-refractivity contribution in [3.8, 4) is 11.5 Å². The number of urea groups is 1. The van der Waals surface area contributed by atoms with Gasteiger partial charge in [-0.05, 0) is 56.2 Å². The third kappa shape index (κ3) is 10.4. The van der Waals surface area contributed by atoms with Crippen LogP contribution < -0.4 is 25.4 Å². The highest BCUT2D eigenvalue weighted by atomic mass is 16.6. The van der Waals surface area contributed by atoms with Gasteiger partial charge in [-0.2, -0.15) is 0 Å². The molecule has 1 aliphatic heterocycles. The van der Waals surface area contributed by atoms with E-state index in [0.717, 1.165) is 57.2 Å². The van der Waals surface area contributed by atoms with Gasteiger partial charge >= 0.3 is 12.1 Å². The van der Waals surface area contributed by atoms with Gasteiger partial charge in [0.15, 0.2) is 11.5 Å². The molecule has 10 heteroatoms. The molecule has 2 aliphatic rings. The molecule has 0 spiro atoms. The minimum atomic E-state index is -0.307. The molecule has 220 valence electrons. The van der Waals surface area contributed by atoms with Crippen LogP contribution in [0.15, 0.2) is 18.2 Å². The largest absolute Gasteiger partial charge is 0.493 e. The first kappa shape index (κ1) is 30.8. The van der Waals surface area contributed by atoms with E-state index in [4.69, 9.17) is 18.9 Å². The molecule has 3 N–H and O–H groups in total. The Morgan fingerprint density at radius 1 is 0.949 bits per heavy atom. The standard InChI is InChI=1S/C29H48N4O6/c1-4-14-30-28(34)31-16-19-38-26-11-10-22(20-27(26)36-3)13-18-37-25-9-7-6-8-24(25)33-17-12-23(21-33)39-29(35)32-15-5-2/h10-11,20,23-25H,4-9,12-19,21H2,1-3H3,(H,32,35)(H2,30,31,34)/t23-,24?,25?/m1/s1. The van der Waals surface area contributed by atoms with Gasteiger partial charge in [-0.3, -0.25) is 4.90 Å². The van der Waals surface area contributed by atoms with E-state index in [1.54, 1.807) is 7.11 Å². The minimum Gasteiger partial charge on any atom is -0.493 e. The second kappa shape index (κ2) is 17.1. The summed E-state index contributed by atoms with van der Waals surface area (Å²) in [6.45, 7) is 8.45. The van der Waals surface area contributed by atoms with Crippen molar-refractivity contribution in [1.82, 2.24) is 20.9 Å². The average molecular weight is 549 g/mol. The topological polar surface area (TPSA) is 110 Å². The van der Waals surface area contributed by atoms with Crippen LogP contribution in [0.3, 0.4) is 0 Å². The molecule has 1 heterocycles. The number of benzene rings is 1. The number of rotatable bonds is 15. The second-order valence-electron chi connectivity index (χ2n) is 10.3. The Kier molecular flexibility index (Phi) is 13.5. The fourth-order valence-corrected chi connectivity index (χ4v) is 5.20. The maximum Gasteiger partial charge on any atom is 0.407 e. The zero-order valence-corrected chi connectivity index (χ0v) is 24.0. The molecule has 1 aromatic rings. The maximum atomic E-state index is 12.0. The summed E-state index contributed by atoms with van der Waals surface area (Å²) in [5.74, 6) is 1.32. The van der Waals surface area contributed by atoms with Crippen molar-refractivity contribution < 1.29 is 28.5 Å². The van der Waals surface area contributed by atoms with E-state index in [0.29, 0.717) is 50.4 Å². The monoisotopic (exact) mass is 548 g/mol. The van der Waals surface area contributed by atoms with E-state index in [-0.39, 0.29) is 24.3 Å². The Morgan fingerprint density at radius 3 is 2.51 bits per heavy atom. The van der Waals surface area contributed by atoms with Crippen LogP contribution in [0, 0.1) is 0 Å². The number of methoxy groups -OCH3 is 1. The van der Waals surface area contributed by atoms with Gasteiger partial charge in [-0.15, -0.1) is 0 Å². The number of ether oxygens (including phenoxy) is 4. The Labute approximate surface area is 233 Å². The normalized spacial score (nSPS) is 21.3. The Balaban J connectivity index is 1.42. The summed E-state index contributed by atoms with van der Waals surface area (Å²) in [5.41, 5.74) is 1.12. The lowest BCUT2D eigenvalue weighted by Gasteiger charge is -2.37. The van der Waals surface area contributed by atoms with Crippen molar-refractivity contribution >= 4 is 12.1 Å². The highest BCUT2D eigenvalue weighted by molar-refractivity contribution is 5.73. The molecular formula is C29H48N4O6. The van der Waals surface area contributed by atoms with Gasteiger partial charge in [0.2, 0.25) is 0 Å². The van der Waals surface area contributed by atoms with E-state index >= 15 is 0 Å². The average Bonchev–Trinajstić information content (AvgIpc) is 3.41. The van der Waals surface area contributed by atoms with Crippen molar-refractivity contribution in [1.29, 1.82) is 0 Å². The van der Waals surface area contributed by atoms with Gasteiger partial charge in [0.1, 0.15) is 12.7 Å². The lowest BCUT2D eigenvalue weighted by molar-refractivity contribution is -0.0319. The number of nitrogens with one attached hydrogen (secondary N) is 3. The first-order valence-electron chi connectivity index (χ1n) is 14.7. The molecule has 3 amide bonds. The molecule has 1 aromatic carbocycles. The van der Waals surface area contributed by atoms with Crippen LogP contribution in [0.25, 0.3) is 0 Å². The fraction of sp³-hybridized carbons (Fsp3) is 0.724. The molecule has 1 saturated carbocycles. The molecule has 3 rings (SSSR count). The molecule has 2 fully saturated rings. The lowest BCUT2D eigenvalue weighted by Crippen LogP contribution is -2.46. The summed E-state index contributed by atoms with van der Waals surface area (Å²) < 4.78 is 23.4. The van der Waals surface area contributed by atoms with E-state index in [1.165, 1.54) is 12.8 Å². The Bertz CT molecular complexity index is 885. The molecule has 3 atom stereocenters. The van der Waals surface area contributed by atoms with E-state index in [1.807, 2.05) is 32.0 Å². The summed E-state index contributed by atoms with van der Waals surface area (Å²) in [6.07, 6.45) is 7.86. The number of amides is 3. The summed E-state index contributed by atoms with van der Waals surface area (Å²) in [7, 11) is 1.63. The van der Waals surface area contributed by atoms with Crippen molar-refractivity contribution in [2.75, 3.05) is 53.0 Å². The highest BCUT2D eigenvalue weighted by Gasteiger charge is 2.36. The van der Waals surface area contributed by atoms with Crippen LogP contribution in [-0.4, -0.2) is 88.3 Å². The number of hydrogen-bond acceptors (Lipinski definition) is 7. The van der Waals surface area contributed by atoms with Gasteiger partial charge in [0.05, 0.1) is 26.4 Å². The fourth-order valence-electron chi connectivity index (χ4n) is 5.20. The van der Waals surface area contributed by atoms with Crippen LogP contribution in [0.2, 0.25) is 0 Å². The molecule has 1 aliphatic carbocycles. The SMILES string of the molecule is CCCNC(=O)NCCOc1ccc(CCOC2CCCCC2N2CC[C@@H](OC(=O)NCCC)C2)cc1OC. The molecule has 0 radical (unpaired) electrons. The van der Waals surface area contributed by atoms with E-state index < -0.39 is 0 Å². The Morgan fingerprint density at radius 2 is 1.72 bits per heavy atom. The summed E-state index contributed by atoms with van der Waals surface area (Å²) in [4.78, 5) is 26.1. The number of alkyl carbamates (subject to hydrolysis) is 1. The second-order valence-corrected chi connectivity index (χ2v) is 10.3. The molecule has 10 nitrogen and oxygen atoms in total. The smallest absolute Gasteiger partial charge is 0.407 e. The molecular weight excluding hydrogens is 500 g/mol. The van der Waals surface area contributed by atoms with Crippen molar-refractivity contribution in [2.45, 2.75) is 83.5 Å². The van der Waals surface area contributed by atoms with Gasteiger partial charge < -0.3 is 34.9 Å². The number of hydrogen-bond donors (Lipinski definition) is 3. The first-order valence-corrected chi connectivity index (χ1v) is 14.7. The van der Waals surface area contributed by atoms with Crippen LogP contribution in [0.1, 0.15) is 64.4 Å². The first-order chi connectivity index (χ1) is 19.0. The zero-order valence-electron chi connectivity index (χ0n) is 24.0. The number of carbonyl (C=O) groups excluding carboxylic acids is 2. The minimum absolute atomic E-state index is 0.0494. The van der Waals surface area contributed by atoms with Gasteiger partial charge in [-0.25, -0.2) is 9.59 Å². The molecule has 2 unspecified atom stereocenters. The van der Waals surface area contributed by atoms with Crippen LogP contribution in [0.4, 0.5) is 9.59 Å².